The second kappa shape index (κ2) is 5.08. The van der Waals surface area contributed by atoms with Gasteiger partial charge in [-0.25, -0.2) is 0 Å². The highest BCUT2D eigenvalue weighted by Crippen LogP contribution is 2.23. The Labute approximate surface area is 106 Å². The predicted octanol–water partition coefficient (Wildman–Crippen LogP) is 3.23. The molecule has 3 nitrogen and oxygen atoms in total. The summed E-state index contributed by atoms with van der Waals surface area (Å²) in [5.74, 6) is -0.799. The van der Waals surface area contributed by atoms with Crippen LogP contribution in [0.3, 0.4) is 0 Å². The topological polar surface area (TPSA) is 42.2 Å². The van der Waals surface area contributed by atoms with Gasteiger partial charge in [-0.1, -0.05) is 37.3 Å². The first kappa shape index (κ1) is 12.4. The van der Waals surface area contributed by atoms with E-state index in [1.165, 1.54) is 0 Å². The number of allylic oxidation sites excluding steroid dienone is 1. The Morgan fingerprint density at radius 1 is 1.39 bits per heavy atom. The lowest BCUT2D eigenvalue weighted by atomic mass is 10.1. The van der Waals surface area contributed by atoms with Crippen LogP contribution in [0.25, 0.3) is 10.9 Å². The van der Waals surface area contributed by atoms with E-state index < -0.39 is 5.97 Å². The maximum Gasteiger partial charge on any atom is 0.307 e. The minimum Gasteiger partial charge on any atom is -0.481 e. The van der Waals surface area contributed by atoms with Crippen LogP contribution in [0.5, 0.6) is 0 Å². The summed E-state index contributed by atoms with van der Waals surface area (Å²) in [6, 6.07) is 7.90. The molecule has 0 aliphatic carbocycles. The summed E-state index contributed by atoms with van der Waals surface area (Å²) in [5, 5.41) is 9.95. The summed E-state index contributed by atoms with van der Waals surface area (Å²) in [7, 11) is 0. The minimum absolute atomic E-state index is 0.0616. The van der Waals surface area contributed by atoms with Gasteiger partial charge in [0.15, 0.2) is 0 Å². The van der Waals surface area contributed by atoms with Gasteiger partial charge in [-0.2, -0.15) is 0 Å². The summed E-state index contributed by atoms with van der Waals surface area (Å²) in [5.41, 5.74) is 3.07. The molecule has 0 radical (unpaired) electrons. The lowest BCUT2D eigenvalue weighted by Crippen LogP contribution is -2.00. The average Bonchev–Trinajstić information content (AvgIpc) is 2.67. The van der Waals surface area contributed by atoms with Gasteiger partial charge in [-0.15, -0.1) is 0 Å². The fraction of sp³-hybridized carbons (Fsp3) is 0.267. The van der Waals surface area contributed by atoms with Crippen molar-refractivity contribution in [2.75, 3.05) is 0 Å². The van der Waals surface area contributed by atoms with Crippen molar-refractivity contribution in [3.63, 3.8) is 0 Å². The van der Waals surface area contributed by atoms with Gasteiger partial charge in [0.1, 0.15) is 0 Å². The zero-order chi connectivity index (χ0) is 13.1. The number of carbonyl (C=O) groups is 1. The SMILES string of the molecule is C=C(CC)Cn1cc(CC(=O)O)c2ccccc21. The molecule has 1 N–H and O–H groups in total. The smallest absolute Gasteiger partial charge is 0.307 e. The van der Waals surface area contributed by atoms with E-state index in [-0.39, 0.29) is 6.42 Å². The van der Waals surface area contributed by atoms with Crippen LogP contribution in [0.4, 0.5) is 0 Å². The van der Waals surface area contributed by atoms with Gasteiger partial charge >= 0.3 is 5.97 Å². The molecule has 1 heterocycles. The molecule has 1 aromatic heterocycles. The fourth-order valence-electron chi connectivity index (χ4n) is 2.11. The number of rotatable bonds is 5. The van der Waals surface area contributed by atoms with E-state index in [1.807, 2.05) is 30.5 Å². The van der Waals surface area contributed by atoms with Gasteiger partial charge in [0.2, 0.25) is 0 Å². The van der Waals surface area contributed by atoms with E-state index in [2.05, 4.69) is 18.1 Å². The Kier molecular flexibility index (Phi) is 3.51. The van der Waals surface area contributed by atoms with Gasteiger partial charge in [0, 0.05) is 23.6 Å². The van der Waals surface area contributed by atoms with Crippen LogP contribution in [0, 0.1) is 0 Å². The number of para-hydroxylation sites is 1. The molecule has 0 fully saturated rings. The second-order valence-corrected chi connectivity index (χ2v) is 4.47. The van der Waals surface area contributed by atoms with E-state index in [1.54, 1.807) is 0 Å². The van der Waals surface area contributed by atoms with Crippen LogP contribution in [-0.2, 0) is 17.8 Å². The first-order valence-corrected chi connectivity index (χ1v) is 6.07. The monoisotopic (exact) mass is 243 g/mol. The molecule has 18 heavy (non-hydrogen) atoms. The standard InChI is InChI=1S/C15H17NO2/c1-3-11(2)9-16-10-12(8-15(17)18)13-6-4-5-7-14(13)16/h4-7,10H,2-3,8-9H2,1H3,(H,17,18). The van der Waals surface area contributed by atoms with E-state index in [9.17, 15) is 4.79 Å². The summed E-state index contributed by atoms with van der Waals surface area (Å²) < 4.78 is 2.08. The maximum atomic E-state index is 10.9. The van der Waals surface area contributed by atoms with Crippen LogP contribution in [0.2, 0.25) is 0 Å². The largest absolute Gasteiger partial charge is 0.481 e. The van der Waals surface area contributed by atoms with Gasteiger partial charge in [-0.3, -0.25) is 4.79 Å². The van der Waals surface area contributed by atoms with Gasteiger partial charge in [0.05, 0.1) is 6.42 Å². The van der Waals surface area contributed by atoms with Gasteiger partial charge in [0.25, 0.3) is 0 Å². The summed E-state index contributed by atoms with van der Waals surface area (Å²) in [6.07, 6.45) is 2.92. The highest BCUT2D eigenvalue weighted by atomic mass is 16.4. The highest BCUT2D eigenvalue weighted by molar-refractivity contribution is 5.87. The molecule has 94 valence electrons. The first-order valence-electron chi connectivity index (χ1n) is 6.07. The molecule has 0 unspecified atom stereocenters. The maximum absolute atomic E-state index is 10.9. The third-order valence-electron chi connectivity index (χ3n) is 3.11. The summed E-state index contributed by atoms with van der Waals surface area (Å²) in [6.45, 7) is 6.83. The number of aliphatic carboxylic acids is 1. The predicted molar refractivity (Wildman–Crippen MR) is 72.7 cm³/mol. The molecular formula is C15H17NO2. The van der Waals surface area contributed by atoms with Gasteiger partial charge < -0.3 is 9.67 Å². The van der Waals surface area contributed by atoms with Crippen molar-refractivity contribution in [3.8, 4) is 0 Å². The second-order valence-electron chi connectivity index (χ2n) is 4.47. The zero-order valence-corrected chi connectivity index (χ0v) is 10.5. The fourth-order valence-corrected chi connectivity index (χ4v) is 2.11. The zero-order valence-electron chi connectivity index (χ0n) is 10.5. The Morgan fingerprint density at radius 3 is 2.78 bits per heavy atom. The Hall–Kier alpha value is -2.03. The Bertz CT molecular complexity index is 596. The molecule has 0 spiro atoms. The van der Waals surface area contributed by atoms with E-state index in [0.29, 0.717) is 0 Å². The van der Waals surface area contributed by atoms with Crippen molar-refractivity contribution in [2.45, 2.75) is 26.3 Å². The molecular weight excluding hydrogens is 226 g/mol. The summed E-state index contributed by atoms with van der Waals surface area (Å²) in [4.78, 5) is 10.9. The van der Waals surface area contributed by atoms with Crippen molar-refractivity contribution < 1.29 is 9.90 Å². The molecule has 0 saturated heterocycles. The lowest BCUT2D eigenvalue weighted by Gasteiger charge is -2.06. The minimum atomic E-state index is -0.799. The van der Waals surface area contributed by atoms with Crippen LogP contribution in [0.1, 0.15) is 18.9 Å². The van der Waals surface area contributed by atoms with Crippen LogP contribution in [0.15, 0.2) is 42.6 Å². The number of hydrogen-bond donors (Lipinski definition) is 1. The van der Waals surface area contributed by atoms with Crippen molar-refractivity contribution in [3.05, 3.63) is 48.2 Å². The van der Waals surface area contributed by atoms with E-state index >= 15 is 0 Å². The van der Waals surface area contributed by atoms with Crippen LogP contribution >= 0.6 is 0 Å². The average molecular weight is 243 g/mol. The van der Waals surface area contributed by atoms with Crippen LogP contribution in [-0.4, -0.2) is 15.6 Å². The summed E-state index contributed by atoms with van der Waals surface area (Å²) >= 11 is 0. The molecule has 0 amide bonds. The third-order valence-corrected chi connectivity index (χ3v) is 3.11. The normalized spacial score (nSPS) is 10.7. The lowest BCUT2D eigenvalue weighted by molar-refractivity contribution is -0.136. The molecule has 2 aromatic rings. The highest BCUT2D eigenvalue weighted by Gasteiger charge is 2.10. The van der Waals surface area contributed by atoms with Crippen molar-refractivity contribution >= 4 is 16.9 Å². The molecule has 0 saturated carbocycles. The first-order chi connectivity index (χ1) is 8.61. The molecule has 1 aromatic carbocycles. The molecule has 0 bridgehead atoms. The van der Waals surface area contributed by atoms with E-state index in [4.69, 9.17) is 5.11 Å². The Morgan fingerprint density at radius 2 is 2.11 bits per heavy atom. The molecule has 0 aliphatic rings. The number of benzene rings is 1. The molecule has 0 aliphatic heterocycles. The Balaban J connectivity index is 2.47. The van der Waals surface area contributed by atoms with Crippen molar-refractivity contribution in [1.29, 1.82) is 0 Å². The number of hydrogen-bond acceptors (Lipinski definition) is 1. The third kappa shape index (κ3) is 2.45. The number of aromatic nitrogens is 1. The molecule has 3 heteroatoms. The molecule has 0 atom stereocenters. The van der Waals surface area contributed by atoms with E-state index in [0.717, 1.165) is 35.0 Å². The quantitative estimate of drug-likeness (QED) is 0.819. The van der Waals surface area contributed by atoms with Crippen molar-refractivity contribution in [2.24, 2.45) is 0 Å². The van der Waals surface area contributed by atoms with Gasteiger partial charge in [-0.05, 0) is 18.1 Å². The number of carboxylic acids is 1. The number of fused-ring (bicyclic) bond motifs is 1. The number of carboxylic acid groups (broad SMARTS) is 1. The number of nitrogens with zero attached hydrogens (tertiary/aromatic N) is 1. The van der Waals surface area contributed by atoms with Crippen LogP contribution < -0.4 is 0 Å². The van der Waals surface area contributed by atoms with Crippen molar-refractivity contribution in [1.82, 2.24) is 4.57 Å². The molecule has 2 rings (SSSR count).